The highest BCUT2D eigenvalue weighted by Gasteiger charge is 2.12. The lowest BCUT2D eigenvalue weighted by atomic mass is 10.1. The quantitative estimate of drug-likeness (QED) is 0.412. The zero-order valence-corrected chi connectivity index (χ0v) is 17.3. The Kier molecular flexibility index (Phi) is 6.39. The van der Waals surface area contributed by atoms with Crippen molar-refractivity contribution in [2.45, 2.75) is 25.8 Å². The number of carbonyl (C=O) groups is 1. The van der Waals surface area contributed by atoms with Crippen molar-refractivity contribution in [3.8, 4) is 0 Å². The summed E-state index contributed by atoms with van der Waals surface area (Å²) in [4.78, 5) is 32.6. The molecule has 32 heavy (non-hydrogen) atoms. The molecule has 6 nitrogen and oxygen atoms in total. The lowest BCUT2D eigenvalue weighted by Crippen LogP contribution is -2.33. The smallest absolute Gasteiger partial charge is 0.263 e. The number of H-pyrrole nitrogens is 1. The van der Waals surface area contributed by atoms with E-state index in [4.69, 9.17) is 0 Å². The number of pyridine rings is 2. The van der Waals surface area contributed by atoms with Crippen molar-refractivity contribution in [2.24, 2.45) is 0 Å². The van der Waals surface area contributed by atoms with Crippen molar-refractivity contribution in [3.05, 3.63) is 99.7 Å². The third kappa shape index (κ3) is 4.74. The fraction of sp³-hybridized carbons (Fsp3) is 0.208. The SMILES string of the molecule is O=C(NCCCCc1c[nH]c2ncccc12)c1cccn(Cc2ccc(F)c(F)c2)c1=O. The largest absolute Gasteiger partial charge is 0.352 e. The molecule has 1 aromatic carbocycles. The van der Waals surface area contributed by atoms with Crippen molar-refractivity contribution in [1.82, 2.24) is 19.9 Å². The number of rotatable bonds is 8. The topological polar surface area (TPSA) is 79.8 Å². The van der Waals surface area contributed by atoms with Crippen molar-refractivity contribution in [3.63, 3.8) is 0 Å². The van der Waals surface area contributed by atoms with E-state index in [1.54, 1.807) is 12.3 Å². The van der Waals surface area contributed by atoms with Gasteiger partial charge in [0.2, 0.25) is 0 Å². The van der Waals surface area contributed by atoms with Crippen molar-refractivity contribution in [2.75, 3.05) is 6.54 Å². The maximum Gasteiger partial charge on any atom is 0.263 e. The number of fused-ring (bicyclic) bond motifs is 1. The first-order chi connectivity index (χ1) is 15.5. The maximum atomic E-state index is 13.4. The molecule has 3 heterocycles. The van der Waals surface area contributed by atoms with Gasteiger partial charge in [0, 0.05) is 30.5 Å². The Labute approximate surface area is 182 Å². The zero-order chi connectivity index (χ0) is 22.5. The highest BCUT2D eigenvalue weighted by atomic mass is 19.2. The third-order valence-corrected chi connectivity index (χ3v) is 5.30. The van der Waals surface area contributed by atoms with Crippen LogP contribution in [0, 0.1) is 11.6 Å². The molecule has 0 bridgehead atoms. The molecule has 164 valence electrons. The molecular weight excluding hydrogens is 414 g/mol. The van der Waals surface area contributed by atoms with Crippen LogP contribution in [0.25, 0.3) is 11.0 Å². The van der Waals surface area contributed by atoms with Crippen molar-refractivity contribution < 1.29 is 13.6 Å². The van der Waals surface area contributed by atoms with Crippen molar-refractivity contribution >= 4 is 16.9 Å². The summed E-state index contributed by atoms with van der Waals surface area (Å²) in [5, 5.41) is 3.88. The van der Waals surface area contributed by atoms with Crippen LogP contribution in [0.5, 0.6) is 0 Å². The first-order valence-electron chi connectivity index (χ1n) is 10.4. The Morgan fingerprint density at radius 2 is 1.97 bits per heavy atom. The van der Waals surface area contributed by atoms with E-state index in [0.29, 0.717) is 12.1 Å². The van der Waals surface area contributed by atoms with Crippen LogP contribution in [0.4, 0.5) is 8.78 Å². The van der Waals surface area contributed by atoms with Crippen LogP contribution in [-0.2, 0) is 13.0 Å². The number of amides is 1. The predicted molar refractivity (Wildman–Crippen MR) is 118 cm³/mol. The minimum Gasteiger partial charge on any atom is -0.352 e. The number of nitrogens with zero attached hydrogens (tertiary/aromatic N) is 2. The molecule has 0 aliphatic carbocycles. The number of benzene rings is 1. The van der Waals surface area contributed by atoms with Crippen LogP contribution >= 0.6 is 0 Å². The Morgan fingerprint density at radius 3 is 2.81 bits per heavy atom. The molecule has 0 saturated heterocycles. The summed E-state index contributed by atoms with van der Waals surface area (Å²) < 4.78 is 27.8. The van der Waals surface area contributed by atoms with Gasteiger partial charge in [-0.3, -0.25) is 9.59 Å². The lowest BCUT2D eigenvalue weighted by molar-refractivity contribution is 0.0951. The molecular formula is C24H22F2N4O2. The van der Waals surface area contributed by atoms with Gasteiger partial charge in [-0.25, -0.2) is 13.8 Å². The number of hydrogen-bond donors (Lipinski definition) is 2. The normalized spacial score (nSPS) is 11.1. The Morgan fingerprint density at radius 1 is 1.09 bits per heavy atom. The molecule has 4 rings (SSSR count). The van der Waals surface area contributed by atoms with E-state index < -0.39 is 23.1 Å². The van der Waals surface area contributed by atoms with Gasteiger partial charge in [0.1, 0.15) is 11.2 Å². The maximum absolute atomic E-state index is 13.4. The summed E-state index contributed by atoms with van der Waals surface area (Å²) in [5.74, 6) is -2.38. The first kappa shape index (κ1) is 21.4. The second-order valence-corrected chi connectivity index (χ2v) is 7.53. The standard InChI is InChI=1S/C24H22F2N4O2/c25-20-9-8-16(13-21(20)26)15-30-12-4-7-19(24(30)32)23(31)28-10-2-1-5-17-14-29-22-18(17)6-3-11-27-22/h3-4,6-9,11-14H,1-2,5,10,15H2,(H,27,29)(H,28,31). The van der Waals surface area contributed by atoms with Crippen LogP contribution < -0.4 is 10.9 Å². The van der Waals surface area contributed by atoms with Gasteiger partial charge in [0.05, 0.1) is 6.54 Å². The second-order valence-electron chi connectivity index (χ2n) is 7.53. The van der Waals surface area contributed by atoms with Crippen molar-refractivity contribution in [1.29, 1.82) is 0 Å². The average Bonchev–Trinajstić information content (AvgIpc) is 3.20. The number of carbonyl (C=O) groups excluding carboxylic acids is 1. The molecule has 0 saturated carbocycles. The summed E-state index contributed by atoms with van der Waals surface area (Å²) in [7, 11) is 0. The summed E-state index contributed by atoms with van der Waals surface area (Å²) in [6.07, 6.45) is 7.69. The summed E-state index contributed by atoms with van der Waals surface area (Å²) >= 11 is 0. The molecule has 8 heteroatoms. The highest BCUT2D eigenvalue weighted by molar-refractivity contribution is 5.93. The van der Waals surface area contributed by atoms with Crippen LogP contribution in [0.3, 0.4) is 0 Å². The summed E-state index contributed by atoms with van der Waals surface area (Å²) in [6, 6.07) is 10.4. The van der Waals surface area contributed by atoms with E-state index >= 15 is 0 Å². The molecule has 0 atom stereocenters. The zero-order valence-electron chi connectivity index (χ0n) is 17.3. The number of unbranched alkanes of at least 4 members (excludes halogenated alkanes) is 1. The molecule has 1 amide bonds. The fourth-order valence-electron chi connectivity index (χ4n) is 3.63. The van der Waals surface area contributed by atoms with Crippen LogP contribution in [-0.4, -0.2) is 27.0 Å². The highest BCUT2D eigenvalue weighted by Crippen LogP contribution is 2.17. The Balaban J connectivity index is 1.31. The number of hydrogen-bond acceptors (Lipinski definition) is 3. The lowest BCUT2D eigenvalue weighted by Gasteiger charge is -2.09. The molecule has 0 spiro atoms. The van der Waals surface area contributed by atoms with E-state index in [2.05, 4.69) is 15.3 Å². The predicted octanol–water partition coefficient (Wildman–Crippen LogP) is 3.80. The monoisotopic (exact) mass is 436 g/mol. The molecule has 0 fully saturated rings. The summed E-state index contributed by atoms with van der Waals surface area (Å²) in [5.41, 5.74) is 2.00. The molecule has 0 radical (unpaired) electrons. The van der Waals surface area contributed by atoms with Gasteiger partial charge in [0.25, 0.3) is 11.5 Å². The van der Waals surface area contributed by atoms with Gasteiger partial charge in [-0.2, -0.15) is 0 Å². The van der Waals surface area contributed by atoms with E-state index in [1.807, 2.05) is 18.3 Å². The second kappa shape index (κ2) is 9.55. The molecule has 4 aromatic rings. The van der Waals surface area contributed by atoms with Gasteiger partial charge in [-0.1, -0.05) is 6.07 Å². The Hall–Kier alpha value is -3.81. The minimum atomic E-state index is -0.978. The van der Waals surface area contributed by atoms with E-state index in [1.165, 1.54) is 28.5 Å². The van der Waals surface area contributed by atoms with Crippen LogP contribution in [0.2, 0.25) is 0 Å². The number of aryl methyl sites for hydroxylation is 1. The molecule has 0 unspecified atom stereocenters. The third-order valence-electron chi connectivity index (χ3n) is 5.30. The minimum absolute atomic E-state index is 0.0118. The molecule has 0 aliphatic rings. The molecule has 0 aliphatic heterocycles. The number of halogens is 2. The number of nitrogens with one attached hydrogen (secondary N) is 2. The van der Waals surface area contributed by atoms with E-state index in [9.17, 15) is 18.4 Å². The number of aromatic amines is 1. The summed E-state index contributed by atoms with van der Waals surface area (Å²) in [6.45, 7) is 0.480. The van der Waals surface area contributed by atoms with Gasteiger partial charge in [-0.05, 0) is 66.8 Å². The van der Waals surface area contributed by atoms with E-state index in [-0.39, 0.29) is 12.1 Å². The van der Waals surface area contributed by atoms with Gasteiger partial charge in [0.15, 0.2) is 11.6 Å². The molecule has 3 aromatic heterocycles. The number of aromatic nitrogens is 3. The van der Waals surface area contributed by atoms with Gasteiger partial charge >= 0.3 is 0 Å². The van der Waals surface area contributed by atoms with E-state index in [0.717, 1.165) is 42.4 Å². The Bertz CT molecular complexity index is 1310. The first-order valence-corrected chi connectivity index (χ1v) is 10.4. The van der Waals surface area contributed by atoms with Crippen LogP contribution in [0.15, 0.2) is 65.8 Å². The van der Waals surface area contributed by atoms with Gasteiger partial charge in [-0.15, -0.1) is 0 Å². The fourth-order valence-corrected chi connectivity index (χ4v) is 3.63. The average molecular weight is 436 g/mol. The van der Waals surface area contributed by atoms with Crippen LogP contribution in [0.1, 0.15) is 34.3 Å². The van der Waals surface area contributed by atoms with Gasteiger partial charge < -0.3 is 14.9 Å². The molecule has 2 N–H and O–H groups in total.